The van der Waals surface area contributed by atoms with E-state index in [1.807, 2.05) is 0 Å². The van der Waals surface area contributed by atoms with Crippen LogP contribution in [0.4, 0.5) is 0 Å². The molecule has 1 saturated heterocycles. The second-order valence-electron chi connectivity index (χ2n) is 4.51. The molecule has 1 N–H and O–H groups in total. The number of hydrogen-bond acceptors (Lipinski definition) is 3. The van der Waals surface area contributed by atoms with Crippen LogP contribution in [0.3, 0.4) is 0 Å². The van der Waals surface area contributed by atoms with Crippen LogP contribution in [-0.2, 0) is 4.74 Å². The second kappa shape index (κ2) is 6.38. The lowest BCUT2D eigenvalue weighted by molar-refractivity contribution is 0.0113. The van der Waals surface area contributed by atoms with Gasteiger partial charge < -0.3 is 10.1 Å². The fourth-order valence-corrected chi connectivity index (χ4v) is 2.89. The van der Waals surface area contributed by atoms with E-state index in [0.29, 0.717) is 12.1 Å². The van der Waals surface area contributed by atoms with Crippen LogP contribution < -0.4 is 5.32 Å². The van der Waals surface area contributed by atoms with Gasteiger partial charge in [0.2, 0.25) is 0 Å². The van der Waals surface area contributed by atoms with Crippen LogP contribution in [0.2, 0.25) is 0 Å². The molecule has 2 atom stereocenters. The van der Waals surface area contributed by atoms with E-state index in [-0.39, 0.29) is 0 Å². The standard InChI is InChI=1S/C13H21NOS/c1-11(12-6-9-16-10-12)14-7-5-13-4-2-3-8-15-13/h6,9-11,13-14H,2-5,7-8H2,1H3. The first-order valence-corrected chi connectivity index (χ1v) is 7.17. The van der Waals surface area contributed by atoms with Gasteiger partial charge in [0.15, 0.2) is 0 Å². The van der Waals surface area contributed by atoms with Crippen molar-refractivity contribution in [3.05, 3.63) is 22.4 Å². The highest BCUT2D eigenvalue weighted by molar-refractivity contribution is 7.07. The van der Waals surface area contributed by atoms with E-state index in [1.165, 1.54) is 24.8 Å². The van der Waals surface area contributed by atoms with Gasteiger partial charge >= 0.3 is 0 Å². The molecule has 0 amide bonds. The van der Waals surface area contributed by atoms with Crippen LogP contribution in [-0.4, -0.2) is 19.3 Å². The van der Waals surface area contributed by atoms with Crippen molar-refractivity contribution < 1.29 is 4.74 Å². The molecule has 1 fully saturated rings. The van der Waals surface area contributed by atoms with Crippen LogP contribution >= 0.6 is 11.3 Å². The highest BCUT2D eigenvalue weighted by Gasteiger charge is 2.13. The molecule has 0 spiro atoms. The molecule has 90 valence electrons. The fourth-order valence-electron chi connectivity index (χ4n) is 2.14. The summed E-state index contributed by atoms with van der Waals surface area (Å²) in [6, 6.07) is 2.66. The zero-order valence-corrected chi connectivity index (χ0v) is 10.8. The Morgan fingerprint density at radius 2 is 2.50 bits per heavy atom. The lowest BCUT2D eigenvalue weighted by Crippen LogP contribution is -2.26. The van der Waals surface area contributed by atoms with E-state index in [0.717, 1.165) is 19.6 Å². The van der Waals surface area contributed by atoms with Crippen molar-refractivity contribution >= 4 is 11.3 Å². The Morgan fingerprint density at radius 3 is 3.19 bits per heavy atom. The summed E-state index contributed by atoms with van der Waals surface area (Å²) in [5.74, 6) is 0. The molecule has 3 heteroatoms. The Labute approximate surface area is 102 Å². The Bertz CT molecular complexity index is 280. The van der Waals surface area contributed by atoms with Gasteiger partial charge in [-0.2, -0.15) is 11.3 Å². The van der Waals surface area contributed by atoms with E-state index in [1.54, 1.807) is 11.3 Å². The van der Waals surface area contributed by atoms with Gasteiger partial charge in [-0.15, -0.1) is 0 Å². The molecular weight excluding hydrogens is 218 g/mol. The normalized spacial score (nSPS) is 23.2. The van der Waals surface area contributed by atoms with Crippen molar-refractivity contribution in [2.75, 3.05) is 13.2 Å². The maximum absolute atomic E-state index is 5.71. The lowest BCUT2D eigenvalue weighted by Gasteiger charge is -2.23. The number of rotatable bonds is 5. The maximum atomic E-state index is 5.71. The zero-order valence-electron chi connectivity index (χ0n) is 9.95. The van der Waals surface area contributed by atoms with Crippen molar-refractivity contribution in [3.8, 4) is 0 Å². The first kappa shape index (κ1) is 12.1. The molecule has 2 heterocycles. The maximum Gasteiger partial charge on any atom is 0.0587 e. The smallest absolute Gasteiger partial charge is 0.0587 e. The van der Waals surface area contributed by atoms with Crippen molar-refractivity contribution in [3.63, 3.8) is 0 Å². The van der Waals surface area contributed by atoms with Gasteiger partial charge in [0.25, 0.3) is 0 Å². The fraction of sp³-hybridized carbons (Fsp3) is 0.692. The lowest BCUT2D eigenvalue weighted by atomic mass is 10.1. The van der Waals surface area contributed by atoms with E-state index in [9.17, 15) is 0 Å². The number of nitrogens with one attached hydrogen (secondary N) is 1. The monoisotopic (exact) mass is 239 g/mol. The molecule has 1 aliphatic heterocycles. The molecule has 1 aliphatic rings. The molecule has 2 unspecified atom stereocenters. The average Bonchev–Trinajstić information content (AvgIpc) is 2.84. The summed E-state index contributed by atoms with van der Waals surface area (Å²) in [4.78, 5) is 0. The molecule has 0 aromatic carbocycles. The van der Waals surface area contributed by atoms with Crippen LogP contribution in [0, 0.1) is 0 Å². The van der Waals surface area contributed by atoms with Gasteiger partial charge in [-0.3, -0.25) is 0 Å². The predicted molar refractivity (Wildman–Crippen MR) is 68.9 cm³/mol. The molecule has 1 aromatic rings. The Balaban J connectivity index is 1.63. The number of ether oxygens (including phenoxy) is 1. The van der Waals surface area contributed by atoms with E-state index >= 15 is 0 Å². The molecule has 0 aliphatic carbocycles. The van der Waals surface area contributed by atoms with Gasteiger partial charge in [-0.05, 0) is 61.5 Å². The predicted octanol–water partition coefficient (Wildman–Crippen LogP) is 3.36. The van der Waals surface area contributed by atoms with Crippen molar-refractivity contribution in [2.45, 2.75) is 44.8 Å². The minimum absolute atomic E-state index is 0.467. The Morgan fingerprint density at radius 1 is 1.56 bits per heavy atom. The minimum Gasteiger partial charge on any atom is -0.378 e. The third kappa shape index (κ3) is 3.58. The minimum atomic E-state index is 0.467. The molecule has 0 bridgehead atoms. The first-order valence-electron chi connectivity index (χ1n) is 6.23. The number of thiophene rings is 1. The average molecular weight is 239 g/mol. The van der Waals surface area contributed by atoms with Gasteiger partial charge in [-0.25, -0.2) is 0 Å². The van der Waals surface area contributed by atoms with Crippen LogP contribution in [0.5, 0.6) is 0 Å². The molecule has 0 saturated carbocycles. The second-order valence-corrected chi connectivity index (χ2v) is 5.29. The van der Waals surface area contributed by atoms with Gasteiger partial charge in [0.05, 0.1) is 6.10 Å². The highest BCUT2D eigenvalue weighted by atomic mass is 32.1. The summed E-state index contributed by atoms with van der Waals surface area (Å²) in [7, 11) is 0. The van der Waals surface area contributed by atoms with E-state index in [4.69, 9.17) is 4.74 Å². The number of hydrogen-bond donors (Lipinski definition) is 1. The quantitative estimate of drug-likeness (QED) is 0.850. The van der Waals surface area contributed by atoms with Crippen LogP contribution in [0.15, 0.2) is 16.8 Å². The molecule has 2 rings (SSSR count). The van der Waals surface area contributed by atoms with Crippen molar-refractivity contribution in [1.82, 2.24) is 5.32 Å². The molecular formula is C13H21NOS. The third-order valence-electron chi connectivity index (χ3n) is 3.23. The summed E-state index contributed by atoms with van der Waals surface area (Å²) in [6.45, 7) is 4.25. The molecule has 16 heavy (non-hydrogen) atoms. The van der Waals surface area contributed by atoms with Crippen molar-refractivity contribution in [2.24, 2.45) is 0 Å². The van der Waals surface area contributed by atoms with E-state index in [2.05, 4.69) is 29.1 Å². The van der Waals surface area contributed by atoms with Crippen LogP contribution in [0.25, 0.3) is 0 Å². The molecule has 2 nitrogen and oxygen atoms in total. The van der Waals surface area contributed by atoms with Gasteiger partial charge in [0, 0.05) is 12.6 Å². The third-order valence-corrected chi connectivity index (χ3v) is 3.94. The van der Waals surface area contributed by atoms with Gasteiger partial charge in [-0.1, -0.05) is 0 Å². The Kier molecular flexibility index (Phi) is 4.82. The molecule has 1 aromatic heterocycles. The summed E-state index contributed by atoms with van der Waals surface area (Å²) in [5, 5.41) is 7.91. The highest BCUT2D eigenvalue weighted by Crippen LogP contribution is 2.17. The molecule has 0 radical (unpaired) electrons. The van der Waals surface area contributed by atoms with E-state index < -0.39 is 0 Å². The summed E-state index contributed by atoms with van der Waals surface area (Å²) < 4.78 is 5.71. The van der Waals surface area contributed by atoms with Crippen LogP contribution in [0.1, 0.15) is 44.2 Å². The Hall–Kier alpha value is -0.380. The summed E-state index contributed by atoms with van der Waals surface area (Å²) in [5.41, 5.74) is 1.40. The topological polar surface area (TPSA) is 21.3 Å². The summed E-state index contributed by atoms with van der Waals surface area (Å²) in [6.07, 6.45) is 5.47. The zero-order chi connectivity index (χ0) is 11.2. The summed E-state index contributed by atoms with van der Waals surface area (Å²) >= 11 is 1.76. The van der Waals surface area contributed by atoms with Gasteiger partial charge in [0.1, 0.15) is 0 Å². The largest absolute Gasteiger partial charge is 0.378 e. The first-order chi connectivity index (χ1) is 7.86. The SMILES string of the molecule is CC(NCCC1CCCCO1)c1ccsc1. The van der Waals surface area contributed by atoms with Crippen molar-refractivity contribution in [1.29, 1.82) is 0 Å².